The van der Waals surface area contributed by atoms with Gasteiger partial charge in [-0.25, -0.2) is 4.79 Å². The molecule has 0 bridgehead atoms. The van der Waals surface area contributed by atoms with E-state index in [1.807, 2.05) is 62.4 Å². The molecule has 2 aromatic rings. The summed E-state index contributed by atoms with van der Waals surface area (Å²) >= 11 is 0. The van der Waals surface area contributed by atoms with Gasteiger partial charge in [-0.05, 0) is 56.5 Å². The van der Waals surface area contributed by atoms with Gasteiger partial charge < -0.3 is 15.5 Å². The number of carbonyl (C=O) groups excluding carboxylic acids is 2. The molecule has 0 saturated heterocycles. The van der Waals surface area contributed by atoms with Gasteiger partial charge in [-0.2, -0.15) is 0 Å². The molecule has 0 atom stereocenters. The van der Waals surface area contributed by atoms with Crippen molar-refractivity contribution in [1.29, 1.82) is 0 Å². The Morgan fingerprint density at radius 1 is 1.08 bits per heavy atom. The third-order valence-electron chi connectivity index (χ3n) is 4.15. The number of hydrogen-bond donors (Lipinski definition) is 2. The standard InChI is InChI=1S/C20H23N3O2/c1-14(2)21-20(25)22-17-11-10-15-9-6-12-23(18(15)13-17)19(24)16-7-4-3-5-8-16/h3-5,7-8,10-11,13-14H,6,9,12H2,1-2H3,(H2,21,22,25). The fraction of sp³-hybridized carbons (Fsp3) is 0.300. The number of nitrogens with zero attached hydrogens (tertiary/aromatic N) is 1. The fourth-order valence-electron chi connectivity index (χ4n) is 3.03. The first-order chi connectivity index (χ1) is 12.0. The average Bonchev–Trinajstić information content (AvgIpc) is 2.60. The lowest BCUT2D eigenvalue weighted by Gasteiger charge is -2.30. The van der Waals surface area contributed by atoms with Crippen LogP contribution in [0.4, 0.5) is 16.2 Å². The number of aryl methyl sites for hydroxylation is 1. The Bertz CT molecular complexity index is 772. The third kappa shape index (κ3) is 3.99. The number of anilines is 2. The smallest absolute Gasteiger partial charge is 0.319 e. The van der Waals surface area contributed by atoms with Gasteiger partial charge in [0.05, 0.1) is 0 Å². The first-order valence-electron chi connectivity index (χ1n) is 8.62. The van der Waals surface area contributed by atoms with Crippen molar-refractivity contribution >= 4 is 23.3 Å². The van der Waals surface area contributed by atoms with E-state index >= 15 is 0 Å². The Morgan fingerprint density at radius 2 is 1.84 bits per heavy atom. The summed E-state index contributed by atoms with van der Waals surface area (Å²) in [5, 5.41) is 5.64. The summed E-state index contributed by atoms with van der Waals surface area (Å²) in [5.74, 6) is -0.00895. The number of urea groups is 1. The van der Waals surface area contributed by atoms with E-state index in [1.54, 1.807) is 4.90 Å². The number of carbonyl (C=O) groups is 2. The summed E-state index contributed by atoms with van der Waals surface area (Å²) in [7, 11) is 0. The summed E-state index contributed by atoms with van der Waals surface area (Å²) in [6.07, 6.45) is 1.87. The van der Waals surface area contributed by atoms with E-state index in [0.29, 0.717) is 17.8 Å². The Morgan fingerprint density at radius 3 is 2.56 bits per heavy atom. The molecule has 130 valence electrons. The molecule has 2 aromatic carbocycles. The van der Waals surface area contributed by atoms with E-state index in [4.69, 9.17) is 0 Å². The maximum atomic E-state index is 12.9. The molecule has 1 aliphatic rings. The van der Waals surface area contributed by atoms with Crippen LogP contribution in [-0.2, 0) is 6.42 Å². The summed E-state index contributed by atoms with van der Waals surface area (Å²) in [5.41, 5.74) is 3.36. The molecule has 0 aliphatic carbocycles. The van der Waals surface area contributed by atoms with Crippen molar-refractivity contribution in [3.63, 3.8) is 0 Å². The van der Waals surface area contributed by atoms with Crippen LogP contribution in [-0.4, -0.2) is 24.5 Å². The van der Waals surface area contributed by atoms with Gasteiger partial charge in [0, 0.05) is 29.5 Å². The highest BCUT2D eigenvalue weighted by Crippen LogP contribution is 2.31. The number of nitrogens with one attached hydrogen (secondary N) is 2. The molecule has 1 heterocycles. The van der Waals surface area contributed by atoms with Crippen molar-refractivity contribution in [2.45, 2.75) is 32.7 Å². The lowest BCUT2D eigenvalue weighted by molar-refractivity contribution is 0.0985. The quantitative estimate of drug-likeness (QED) is 0.895. The fourth-order valence-corrected chi connectivity index (χ4v) is 3.03. The Hall–Kier alpha value is -2.82. The second-order valence-electron chi connectivity index (χ2n) is 6.52. The first kappa shape index (κ1) is 17.0. The lowest BCUT2D eigenvalue weighted by atomic mass is 10.00. The normalized spacial score (nSPS) is 13.3. The predicted octanol–water partition coefficient (Wildman–Crippen LogP) is 3.81. The van der Waals surface area contributed by atoms with E-state index in [9.17, 15) is 9.59 Å². The zero-order chi connectivity index (χ0) is 17.8. The molecule has 3 rings (SSSR count). The van der Waals surface area contributed by atoms with Crippen molar-refractivity contribution in [1.82, 2.24) is 5.32 Å². The highest BCUT2D eigenvalue weighted by atomic mass is 16.2. The molecule has 2 N–H and O–H groups in total. The van der Waals surface area contributed by atoms with Gasteiger partial charge in [-0.15, -0.1) is 0 Å². The first-order valence-corrected chi connectivity index (χ1v) is 8.62. The molecule has 0 aromatic heterocycles. The summed E-state index contributed by atoms with van der Waals surface area (Å²) < 4.78 is 0. The molecule has 1 aliphatic heterocycles. The van der Waals surface area contributed by atoms with Crippen LogP contribution in [0.25, 0.3) is 0 Å². The van der Waals surface area contributed by atoms with Gasteiger partial charge >= 0.3 is 6.03 Å². The van der Waals surface area contributed by atoms with Crippen LogP contribution in [0.1, 0.15) is 36.2 Å². The van der Waals surface area contributed by atoms with Crippen LogP contribution in [0.5, 0.6) is 0 Å². The number of amides is 3. The van der Waals surface area contributed by atoms with E-state index < -0.39 is 0 Å². The summed E-state index contributed by atoms with van der Waals surface area (Å²) in [6, 6.07) is 14.9. The molecule has 0 radical (unpaired) electrons. The maximum absolute atomic E-state index is 12.9. The molecule has 25 heavy (non-hydrogen) atoms. The van der Waals surface area contributed by atoms with Crippen LogP contribution in [0.15, 0.2) is 48.5 Å². The van der Waals surface area contributed by atoms with E-state index in [0.717, 1.165) is 24.1 Å². The van der Waals surface area contributed by atoms with Crippen molar-refractivity contribution < 1.29 is 9.59 Å². The van der Waals surface area contributed by atoms with Crippen LogP contribution in [0, 0.1) is 0 Å². The summed E-state index contributed by atoms with van der Waals surface area (Å²) in [4.78, 5) is 26.6. The third-order valence-corrected chi connectivity index (χ3v) is 4.15. The molecule has 5 heteroatoms. The largest absolute Gasteiger partial charge is 0.336 e. The Kier molecular flexibility index (Phi) is 5.03. The highest BCUT2D eigenvalue weighted by molar-refractivity contribution is 6.07. The minimum atomic E-state index is -0.244. The average molecular weight is 337 g/mol. The van der Waals surface area contributed by atoms with E-state index in [-0.39, 0.29) is 18.0 Å². The number of hydrogen-bond acceptors (Lipinski definition) is 2. The van der Waals surface area contributed by atoms with Crippen molar-refractivity contribution in [3.05, 3.63) is 59.7 Å². The van der Waals surface area contributed by atoms with Crippen molar-refractivity contribution in [2.24, 2.45) is 0 Å². The van der Waals surface area contributed by atoms with E-state index in [2.05, 4.69) is 10.6 Å². The van der Waals surface area contributed by atoms with Crippen LogP contribution >= 0.6 is 0 Å². The van der Waals surface area contributed by atoms with Crippen LogP contribution in [0.2, 0.25) is 0 Å². The van der Waals surface area contributed by atoms with Crippen molar-refractivity contribution in [2.75, 3.05) is 16.8 Å². The second kappa shape index (κ2) is 7.38. The van der Waals surface area contributed by atoms with Gasteiger partial charge in [-0.1, -0.05) is 24.3 Å². The minimum absolute atomic E-state index is 0.00895. The lowest BCUT2D eigenvalue weighted by Crippen LogP contribution is -2.36. The molecule has 0 unspecified atom stereocenters. The van der Waals surface area contributed by atoms with Crippen LogP contribution < -0.4 is 15.5 Å². The van der Waals surface area contributed by atoms with Crippen molar-refractivity contribution in [3.8, 4) is 0 Å². The van der Waals surface area contributed by atoms with Gasteiger partial charge in [0.25, 0.3) is 5.91 Å². The monoisotopic (exact) mass is 337 g/mol. The molecule has 3 amide bonds. The zero-order valence-electron chi connectivity index (χ0n) is 14.6. The second-order valence-corrected chi connectivity index (χ2v) is 6.52. The number of rotatable bonds is 3. The van der Waals surface area contributed by atoms with Gasteiger partial charge in [0.1, 0.15) is 0 Å². The minimum Gasteiger partial charge on any atom is -0.336 e. The number of fused-ring (bicyclic) bond motifs is 1. The van der Waals surface area contributed by atoms with Gasteiger partial charge in [-0.3, -0.25) is 4.79 Å². The molecule has 0 saturated carbocycles. The van der Waals surface area contributed by atoms with Crippen LogP contribution in [0.3, 0.4) is 0 Å². The molecule has 5 nitrogen and oxygen atoms in total. The topological polar surface area (TPSA) is 61.4 Å². The maximum Gasteiger partial charge on any atom is 0.319 e. The molecular formula is C20H23N3O2. The highest BCUT2D eigenvalue weighted by Gasteiger charge is 2.24. The SMILES string of the molecule is CC(C)NC(=O)Nc1ccc2c(c1)N(C(=O)c1ccccc1)CCC2. The number of benzene rings is 2. The van der Waals surface area contributed by atoms with E-state index in [1.165, 1.54) is 0 Å². The Balaban J connectivity index is 1.85. The predicted molar refractivity (Wildman–Crippen MR) is 100 cm³/mol. The summed E-state index contributed by atoms with van der Waals surface area (Å²) in [6.45, 7) is 4.50. The molecular weight excluding hydrogens is 314 g/mol. The van der Waals surface area contributed by atoms with Gasteiger partial charge in [0.15, 0.2) is 0 Å². The molecule has 0 spiro atoms. The zero-order valence-corrected chi connectivity index (χ0v) is 14.6. The molecule has 0 fully saturated rings. The van der Waals surface area contributed by atoms with Gasteiger partial charge in [0.2, 0.25) is 0 Å². The Labute approximate surface area is 148 Å².